The number of nitriles is 1. The molecular formula is C16H17ClN2O2. The molecule has 0 radical (unpaired) electrons. The molecule has 0 heterocycles. The van der Waals surface area contributed by atoms with Crippen molar-refractivity contribution < 1.29 is 9.53 Å². The van der Waals surface area contributed by atoms with Crippen molar-refractivity contribution in [3.05, 3.63) is 34.4 Å². The van der Waals surface area contributed by atoms with Gasteiger partial charge in [-0.05, 0) is 36.6 Å². The number of carbonyl (C=O) groups is 1. The lowest BCUT2D eigenvalue weighted by Crippen LogP contribution is -2.33. The number of amides is 1. The van der Waals surface area contributed by atoms with Crippen LogP contribution >= 0.6 is 11.6 Å². The van der Waals surface area contributed by atoms with Crippen LogP contribution in [0.2, 0.25) is 5.02 Å². The summed E-state index contributed by atoms with van der Waals surface area (Å²) in [6, 6.07) is 7.26. The van der Waals surface area contributed by atoms with E-state index in [-0.39, 0.29) is 17.5 Å². The quantitative estimate of drug-likeness (QED) is 0.685. The van der Waals surface area contributed by atoms with Crippen molar-refractivity contribution >= 4 is 23.6 Å². The highest BCUT2D eigenvalue weighted by Gasteiger charge is 2.19. The Balaban J connectivity index is 2.14. The number of ether oxygens (including phenoxy) is 1. The third kappa shape index (κ3) is 3.99. The second-order valence-electron chi connectivity index (χ2n) is 5.02. The maximum absolute atomic E-state index is 12.1. The van der Waals surface area contributed by atoms with E-state index in [0.717, 1.165) is 25.7 Å². The van der Waals surface area contributed by atoms with Gasteiger partial charge < -0.3 is 10.1 Å². The molecule has 110 valence electrons. The molecule has 1 aromatic rings. The maximum Gasteiger partial charge on any atom is 0.262 e. The summed E-state index contributed by atoms with van der Waals surface area (Å²) in [6.07, 6.45) is 5.77. The predicted octanol–water partition coefficient (Wildman–Crippen LogP) is 3.31. The zero-order valence-electron chi connectivity index (χ0n) is 11.9. The molecule has 4 nitrogen and oxygen atoms in total. The van der Waals surface area contributed by atoms with Gasteiger partial charge in [-0.15, -0.1) is 0 Å². The van der Waals surface area contributed by atoms with E-state index in [1.54, 1.807) is 18.2 Å². The van der Waals surface area contributed by atoms with Crippen molar-refractivity contribution in [3.63, 3.8) is 0 Å². The molecule has 1 fully saturated rings. The van der Waals surface area contributed by atoms with Gasteiger partial charge in [0.25, 0.3) is 5.91 Å². The van der Waals surface area contributed by atoms with Gasteiger partial charge in [0.15, 0.2) is 0 Å². The summed E-state index contributed by atoms with van der Waals surface area (Å²) >= 11 is 6.04. The molecule has 0 saturated heterocycles. The Morgan fingerprint density at radius 2 is 2.19 bits per heavy atom. The highest BCUT2D eigenvalue weighted by atomic mass is 35.5. The van der Waals surface area contributed by atoms with E-state index in [9.17, 15) is 4.79 Å². The lowest BCUT2D eigenvalue weighted by atomic mass is 10.1. The standard InChI is InChI=1S/C16H17ClN2O2/c1-21-15-7-6-11(9-14(15)17)8-12(10-18)16(20)19-13-4-2-3-5-13/h6-9,13H,2-5H2,1H3,(H,19,20)/b12-8-. The van der Waals surface area contributed by atoms with Crippen LogP contribution in [0.3, 0.4) is 0 Å². The van der Waals surface area contributed by atoms with Gasteiger partial charge in [0.2, 0.25) is 0 Å². The van der Waals surface area contributed by atoms with E-state index >= 15 is 0 Å². The van der Waals surface area contributed by atoms with Gasteiger partial charge in [0.1, 0.15) is 17.4 Å². The van der Waals surface area contributed by atoms with Crippen molar-refractivity contribution in [2.45, 2.75) is 31.7 Å². The molecule has 1 aliphatic rings. The molecule has 0 aliphatic heterocycles. The fraction of sp³-hybridized carbons (Fsp3) is 0.375. The van der Waals surface area contributed by atoms with Crippen LogP contribution in [-0.4, -0.2) is 19.1 Å². The molecule has 1 aliphatic carbocycles. The average Bonchev–Trinajstić information content (AvgIpc) is 2.97. The second kappa shape index (κ2) is 7.14. The zero-order chi connectivity index (χ0) is 15.2. The Kier molecular flexibility index (Phi) is 5.24. The summed E-state index contributed by atoms with van der Waals surface area (Å²) in [7, 11) is 1.53. The summed E-state index contributed by atoms with van der Waals surface area (Å²) in [5, 5.41) is 12.5. The van der Waals surface area contributed by atoms with Crippen molar-refractivity contribution in [2.75, 3.05) is 7.11 Å². The fourth-order valence-electron chi connectivity index (χ4n) is 2.42. The number of methoxy groups -OCH3 is 1. The number of carbonyl (C=O) groups excluding carboxylic acids is 1. The lowest BCUT2D eigenvalue weighted by Gasteiger charge is -2.11. The molecule has 21 heavy (non-hydrogen) atoms. The van der Waals surface area contributed by atoms with E-state index in [0.29, 0.717) is 16.3 Å². The minimum atomic E-state index is -0.323. The summed E-state index contributed by atoms with van der Waals surface area (Å²) in [5.41, 5.74) is 0.780. The second-order valence-corrected chi connectivity index (χ2v) is 5.43. The summed E-state index contributed by atoms with van der Waals surface area (Å²) in [4.78, 5) is 12.1. The lowest BCUT2D eigenvalue weighted by molar-refractivity contribution is -0.117. The Hall–Kier alpha value is -1.99. The van der Waals surface area contributed by atoms with Gasteiger partial charge in [-0.3, -0.25) is 4.79 Å². The van der Waals surface area contributed by atoms with Crippen LogP contribution < -0.4 is 10.1 Å². The van der Waals surface area contributed by atoms with Crippen molar-refractivity contribution in [2.24, 2.45) is 0 Å². The van der Waals surface area contributed by atoms with Crippen LogP contribution in [-0.2, 0) is 4.79 Å². The molecule has 0 bridgehead atoms. The fourth-order valence-corrected chi connectivity index (χ4v) is 2.69. The monoisotopic (exact) mass is 304 g/mol. The highest BCUT2D eigenvalue weighted by Crippen LogP contribution is 2.26. The molecule has 0 aromatic heterocycles. The van der Waals surface area contributed by atoms with Crippen LogP contribution in [0.1, 0.15) is 31.2 Å². The first-order chi connectivity index (χ1) is 10.1. The summed E-state index contributed by atoms with van der Waals surface area (Å²) in [6.45, 7) is 0. The first-order valence-corrected chi connectivity index (χ1v) is 7.28. The molecule has 1 saturated carbocycles. The smallest absolute Gasteiger partial charge is 0.262 e. The van der Waals surface area contributed by atoms with Crippen LogP contribution in [0.5, 0.6) is 5.75 Å². The topological polar surface area (TPSA) is 62.1 Å². The Bertz CT molecular complexity index is 599. The van der Waals surface area contributed by atoms with Crippen LogP contribution in [0.4, 0.5) is 0 Å². The number of nitrogens with zero attached hydrogens (tertiary/aromatic N) is 1. The van der Waals surface area contributed by atoms with E-state index < -0.39 is 0 Å². The minimum absolute atomic E-state index is 0.0862. The molecule has 0 atom stereocenters. The highest BCUT2D eigenvalue weighted by molar-refractivity contribution is 6.32. The molecular weight excluding hydrogens is 288 g/mol. The molecule has 1 N–H and O–H groups in total. The number of rotatable bonds is 4. The van der Waals surface area contributed by atoms with Gasteiger partial charge in [-0.1, -0.05) is 30.5 Å². The zero-order valence-corrected chi connectivity index (χ0v) is 12.6. The van der Waals surface area contributed by atoms with Crippen molar-refractivity contribution in [1.29, 1.82) is 5.26 Å². The van der Waals surface area contributed by atoms with Gasteiger partial charge in [-0.2, -0.15) is 5.26 Å². The van der Waals surface area contributed by atoms with E-state index in [1.807, 2.05) is 6.07 Å². The average molecular weight is 305 g/mol. The van der Waals surface area contributed by atoms with Gasteiger partial charge in [-0.25, -0.2) is 0 Å². The van der Waals surface area contributed by atoms with Crippen LogP contribution in [0, 0.1) is 11.3 Å². The SMILES string of the molecule is COc1ccc(/C=C(/C#N)C(=O)NC2CCCC2)cc1Cl. The molecule has 2 rings (SSSR count). The first-order valence-electron chi connectivity index (χ1n) is 6.90. The van der Waals surface area contributed by atoms with Crippen LogP contribution in [0.15, 0.2) is 23.8 Å². The minimum Gasteiger partial charge on any atom is -0.495 e. The number of halogens is 1. The third-order valence-corrected chi connectivity index (χ3v) is 3.84. The third-order valence-electron chi connectivity index (χ3n) is 3.54. The molecule has 1 amide bonds. The Labute approximate surface area is 129 Å². The van der Waals surface area contributed by atoms with Crippen molar-refractivity contribution in [1.82, 2.24) is 5.32 Å². The molecule has 0 spiro atoms. The van der Waals surface area contributed by atoms with E-state index in [4.69, 9.17) is 21.6 Å². The van der Waals surface area contributed by atoms with Gasteiger partial charge >= 0.3 is 0 Å². The van der Waals surface area contributed by atoms with E-state index in [2.05, 4.69) is 5.32 Å². The molecule has 1 aromatic carbocycles. The van der Waals surface area contributed by atoms with Crippen LogP contribution in [0.25, 0.3) is 6.08 Å². The summed E-state index contributed by atoms with van der Waals surface area (Å²) < 4.78 is 5.07. The number of hydrogen-bond acceptors (Lipinski definition) is 3. The number of nitrogens with one attached hydrogen (secondary N) is 1. The number of hydrogen-bond donors (Lipinski definition) is 1. The normalized spacial score (nSPS) is 15.6. The molecule has 0 unspecified atom stereocenters. The first kappa shape index (κ1) is 15.4. The Morgan fingerprint density at radius 1 is 1.48 bits per heavy atom. The van der Waals surface area contributed by atoms with E-state index in [1.165, 1.54) is 13.2 Å². The Morgan fingerprint density at radius 3 is 2.76 bits per heavy atom. The molecule has 5 heteroatoms. The number of benzene rings is 1. The van der Waals surface area contributed by atoms with Crippen molar-refractivity contribution in [3.8, 4) is 11.8 Å². The van der Waals surface area contributed by atoms with Gasteiger partial charge in [0, 0.05) is 6.04 Å². The largest absolute Gasteiger partial charge is 0.495 e. The maximum atomic E-state index is 12.1. The van der Waals surface area contributed by atoms with Gasteiger partial charge in [0.05, 0.1) is 12.1 Å². The summed E-state index contributed by atoms with van der Waals surface area (Å²) in [5.74, 6) is 0.235. The predicted molar refractivity (Wildman–Crippen MR) is 82.0 cm³/mol.